The lowest BCUT2D eigenvalue weighted by Crippen LogP contribution is -2.45. The Kier molecular flexibility index (Phi) is 8.83. The number of hydrogen-bond acceptors (Lipinski definition) is 3. The summed E-state index contributed by atoms with van der Waals surface area (Å²) in [4.78, 5) is 4.29. The minimum atomic E-state index is -0.0317. The molecule has 0 saturated carbocycles. The third kappa shape index (κ3) is 6.12. The molecule has 0 spiro atoms. The van der Waals surface area contributed by atoms with E-state index in [4.69, 9.17) is 9.47 Å². The molecule has 1 aliphatic rings. The molecule has 1 unspecified atom stereocenters. The second-order valence-corrected chi connectivity index (χ2v) is 6.56. The zero-order valence-corrected chi connectivity index (χ0v) is 17.4. The maximum absolute atomic E-state index is 5.63. The Hall–Kier alpha value is -1.02. The minimum Gasteiger partial charge on any atom is -0.497 e. The monoisotopic (exact) mass is 447 g/mol. The molecule has 2 rings (SSSR count). The predicted octanol–water partition coefficient (Wildman–Crippen LogP) is 2.93. The Morgan fingerprint density at radius 1 is 1.38 bits per heavy atom. The first-order chi connectivity index (χ1) is 11.0. The average molecular weight is 447 g/mol. The van der Waals surface area contributed by atoms with Crippen LogP contribution in [0.4, 0.5) is 0 Å². The summed E-state index contributed by atoms with van der Waals surface area (Å²) in [6, 6.07) is 8.21. The molecule has 0 amide bonds. The molecule has 5 nitrogen and oxygen atoms in total. The summed E-state index contributed by atoms with van der Waals surface area (Å²) in [5.74, 6) is 1.70. The summed E-state index contributed by atoms with van der Waals surface area (Å²) < 4.78 is 11.0. The van der Waals surface area contributed by atoms with E-state index in [9.17, 15) is 0 Å². The summed E-state index contributed by atoms with van der Waals surface area (Å²) in [5.41, 5.74) is 1.20. The number of guanidine groups is 1. The van der Waals surface area contributed by atoms with Gasteiger partial charge in [0.2, 0.25) is 0 Å². The number of nitrogens with zero attached hydrogens (tertiary/aromatic N) is 1. The van der Waals surface area contributed by atoms with Gasteiger partial charge in [0, 0.05) is 32.2 Å². The molecular weight excluding hydrogens is 417 g/mol. The zero-order chi connectivity index (χ0) is 16.7. The van der Waals surface area contributed by atoms with Gasteiger partial charge in [-0.15, -0.1) is 24.0 Å². The molecule has 0 aliphatic carbocycles. The molecule has 0 radical (unpaired) electrons. The highest BCUT2D eigenvalue weighted by Crippen LogP contribution is 2.25. The van der Waals surface area contributed by atoms with Crippen molar-refractivity contribution in [1.82, 2.24) is 10.6 Å². The molecule has 1 atom stereocenters. The van der Waals surface area contributed by atoms with Crippen LogP contribution < -0.4 is 15.4 Å². The molecule has 1 aromatic carbocycles. The molecular formula is C18H30IN3O2. The zero-order valence-electron chi connectivity index (χ0n) is 15.1. The van der Waals surface area contributed by atoms with E-state index >= 15 is 0 Å². The fourth-order valence-electron chi connectivity index (χ4n) is 2.69. The number of methoxy groups -OCH3 is 1. The molecule has 1 aliphatic heterocycles. The quantitative estimate of drug-likeness (QED) is 0.400. The van der Waals surface area contributed by atoms with Gasteiger partial charge >= 0.3 is 0 Å². The molecule has 1 heterocycles. The molecule has 0 aromatic heterocycles. The van der Waals surface area contributed by atoms with E-state index in [2.05, 4.69) is 41.6 Å². The van der Waals surface area contributed by atoms with Crippen LogP contribution in [0.3, 0.4) is 0 Å². The largest absolute Gasteiger partial charge is 0.497 e. The summed E-state index contributed by atoms with van der Waals surface area (Å²) in [5, 5.41) is 6.76. The predicted molar refractivity (Wildman–Crippen MR) is 110 cm³/mol. The van der Waals surface area contributed by atoms with Crippen LogP contribution in [0.25, 0.3) is 0 Å². The Labute approximate surface area is 162 Å². The Bertz CT molecular complexity index is 529. The fourth-order valence-corrected chi connectivity index (χ4v) is 2.69. The first-order valence-electron chi connectivity index (χ1n) is 8.26. The number of aliphatic imine (C=N–C) groups is 1. The van der Waals surface area contributed by atoms with E-state index in [-0.39, 0.29) is 29.4 Å². The van der Waals surface area contributed by atoms with Gasteiger partial charge in [-0.3, -0.25) is 4.99 Å². The fraction of sp³-hybridized carbons (Fsp3) is 0.611. The van der Waals surface area contributed by atoms with Gasteiger partial charge < -0.3 is 20.1 Å². The van der Waals surface area contributed by atoms with Crippen LogP contribution in [0.15, 0.2) is 29.3 Å². The smallest absolute Gasteiger partial charge is 0.191 e. The van der Waals surface area contributed by atoms with Crippen molar-refractivity contribution in [3.63, 3.8) is 0 Å². The van der Waals surface area contributed by atoms with Crippen LogP contribution in [0.2, 0.25) is 0 Å². The van der Waals surface area contributed by atoms with Crippen molar-refractivity contribution in [2.24, 2.45) is 4.99 Å². The summed E-state index contributed by atoms with van der Waals surface area (Å²) in [6.07, 6.45) is 2.58. The third-order valence-corrected chi connectivity index (χ3v) is 4.29. The van der Waals surface area contributed by atoms with Crippen molar-refractivity contribution >= 4 is 29.9 Å². The molecule has 2 N–H and O–H groups in total. The highest BCUT2D eigenvalue weighted by atomic mass is 127. The van der Waals surface area contributed by atoms with Crippen LogP contribution in [-0.2, 0) is 10.2 Å². The van der Waals surface area contributed by atoms with Crippen LogP contribution in [-0.4, -0.2) is 45.9 Å². The lowest BCUT2D eigenvalue weighted by atomic mass is 9.84. The van der Waals surface area contributed by atoms with Crippen molar-refractivity contribution < 1.29 is 9.47 Å². The lowest BCUT2D eigenvalue weighted by Gasteiger charge is -2.27. The topological polar surface area (TPSA) is 54.9 Å². The summed E-state index contributed by atoms with van der Waals surface area (Å²) in [7, 11) is 3.49. The molecule has 1 aromatic rings. The van der Waals surface area contributed by atoms with Gasteiger partial charge in [-0.25, -0.2) is 0 Å². The maximum Gasteiger partial charge on any atom is 0.191 e. The first kappa shape index (κ1) is 21.0. The van der Waals surface area contributed by atoms with Crippen molar-refractivity contribution in [2.45, 2.75) is 38.2 Å². The summed E-state index contributed by atoms with van der Waals surface area (Å²) in [6.45, 7) is 6.89. The van der Waals surface area contributed by atoms with Crippen LogP contribution in [0.5, 0.6) is 5.75 Å². The highest BCUT2D eigenvalue weighted by molar-refractivity contribution is 14.0. The van der Waals surface area contributed by atoms with Gasteiger partial charge in [-0.2, -0.15) is 0 Å². The second kappa shape index (κ2) is 10.1. The summed E-state index contributed by atoms with van der Waals surface area (Å²) >= 11 is 0. The van der Waals surface area contributed by atoms with E-state index in [1.165, 1.54) is 5.56 Å². The molecule has 136 valence electrons. The van der Waals surface area contributed by atoms with Crippen LogP contribution in [0, 0.1) is 0 Å². The molecule has 1 fully saturated rings. The number of ether oxygens (including phenoxy) is 2. The van der Waals surface area contributed by atoms with E-state index in [1.807, 2.05) is 12.1 Å². The van der Waals surface area contributed by atoms with E-state index in [1.54, 1.807) is 14.2 Å². The Balaban J connectivity index is 0.00000288. The number of benzene rings is 1. The van der Waals surface area contributed by atoms with Gasteiger partial charge in [0.1, 0.15) is 5.75 Å². The van der Waals surface area contributed by atoms with Crippen molar-refractivity contribution in [2.75, 3.05) is 33.9 Å². The molecule has 24 heavy (non-hydrogen) atoms. The van der Waals surface area contributed by atoms with Gasteiger partial charge in [-0.1, -0.05) is 26.0 Å². The van der Waals surface area contributed by atoms with Crippen LogP contribution in [0.1, 0.15) is 32.3 Å². The second-order valence-electron chi connectivity index (χ2n) is 6.56. The molecule has 1 saturated heterocycles. The lowest BCUT2D eigenvalue weighted by molar-refractivity contribution is 0.114. The number of rotatable bonds is 6. The molecule has 0 bridgehead atoms. The van der Waals surface area contributed by atoms with E-state index in [0.717, 1.165) is 44.2 Å². The number of hydrogen-bond donors (Lipinski definition) is 2. The maximum atomic E-state index is 5.63. The average Bonchev–Trinajstić information content (AvgIpc) is 3.08. The van der Waals surface area contributed by atoms with E-state index in [0.29, 0.717) is 6.10 Å². The Morgan fingerprint density at radius 2 is 2.17 bits per heavy atom. The van der Waals surface area contributed by atoms with Gasteiger partial charge in [0.25, 0.3) is 0 Å². The number of halogens is 1. The van der Waals surface area contributed by atoms with Crippen molar-refractivity contribution in [3.8, 4) is 5.75 Å². The van der Waals surface area contributed by atoms with E-state index < -0.39 is 0 Å². The Morgan fingerprint density at radius 3 is 2.79 bits per heavy atom. The van der Waals surface area contributed by atoms with Gasteiger partial charge in [0.15, 0.2) is 5.96 Å². The number of nitrogens with one attached hydrogen (secondary N) is 2. The minimum absolute atomic E-state index is 0. The van der Waals surface area contributed by atoms with Crippen molar-refractivity contribution in [3.05, 3.63) is 29.8 Å². The SMILES string of the molecule is CN=C(NCC1CCCO1)NCC(C)(C)c1cccc(OC)c1.I. The van der Waals surface area contributed by atoms with Crippen LogP contribution >= 0.6 is 24.0 Å². The first-order valence-corrected chi connectivity index (χ1v) is 8.26. The normalized spacial score (nSPS) is 18.0. The standard InChI is InChI=1S/C18H29N3O2.HI/c1-18(2,14-7-5-8-15(11-14)22-4)13-21-17(19-3)20-12-16-9-6-10-23-16;/h5,7-8,11,16H,6,9-10,12-13H2,1-4H3,(H2,19,20,21);1H. The van der Waals surface area contributed by atoms with Gasteiger partial charge in [0.05, 0.1) is 13.2 Å². The highest BCUT2D eigenvalue weighted by Gasteiger charge is 2.22. The van der Waals surface area contributed by atoms with Crippen molar-refractivity contribution in [1.29, 1.82) is 0 Å². The van der Waals surface area contributed by atoms with Gasteiger partial charge in [-0.05, 0) is 30.5 Å². The molecule has 6 heteroatoms. The third-order valence-electron chi connectivity index (χ3n) is 4.29.